The smallest absolute Gasteiger partial charge is 0.191 e. The first kappa shape index (κ1) is 15.3. The number of carbonyl (C=O) groups excluding carboxylic acids is 1. The Bertz CT molecular complexity index is 684. The number of benzene rings is 1. The van der Waals surface area contributed by atoms with Crippen molar-refractivity contribution < 1.29 is 14.1 Å². The first-order valence-corrected chi connectivity index (χ1v) is 7.88. The molecule has 0 N–H and O–H groups in total. The maximum absolute atomic E-state index is 12.1. The van der Waals surface area contributed by atoms with Crippen molar-refractivity contribution in [3.63, 3.8) is 0 Å². The van der Waals surface area contributed by atoms with E-state index in [9.17, 15) is 4.79 Å². The Morgan fingerprint density at radius 3 is 2.35 bits per heavy atom. The van der Waals surface area contributed by atoms with Crippen molar-refractivity contribution in [2.75, 3.05) is 25.1 Å². The van der Waals surface area contributed by atoms with Gasteiger partial charge in [-0.05, 0) is 37.1 Å². The Morgan fingerprint density at radius 2 is 1.74 bits per heavy atom. The maximum atomic E-state index is 12.1. The molecule has 0 bridgehead atoms. The van der Waals surface area contributed by atoms with Crippen LogP contribution in [-0.2, 0) is 0 Å². The molecule has 1 aromatic carbocycles. The number of rotatable bonds is 5. The van der Waals surface area contributed by atoms with Crippen LogP contribution in [0.1, 0.15) is 23.2 Å². The number of methoxy groups -OCH3 is 1. The lowest BCUT2D eigenvalue weighted by molar-refractivity contribution is -0.568. The van der Waals surface area contributed by atoms with Crippen molar-refractivity contribution in [3.8, 4) is 5.75 Å². The van der Waals surface area contributed by atoms with Gasteiger partial charge in [-0.15, -0.1) is 0 Å². The molecule has 2 heterocycles. The van der Waals surface area contributed by atoms with E-state index in [4.69, 9.17) is 4.74 Å². The molecule has 4 nitrogen and oxygen atoms in total. The standard InChI is InChI=1S/C19H21N2O2/c1-23-18-6-4-16(5-7-18)19(22)10-15-20-13-8-17(9-14-20)21-11-2-3-12-21/h4-10,13-15H,2-3,11-12H2,1H3/q+1. The van der Waals surface area contributed by atoms with Crippen molar-refractivity contribution in [1.82, 2.24) is 0 Å². The Balaban J connectivity index is 1.65. The fourth-order valence-corrected chi connectivity index (χ4v) is 2.72. The van der Waals surface area contributed by atoms with Gasteiger partial charge in [-0.2, -0.15) is 4.57 Å². The number of aromatic nitrogens is 1. The molecule has 0 unspecified atom stereocenters. The van der Waals surface area contributed by atoms with Crippen LogP contribution >= 0.6 is 0 Å². The predicted molar refractivity (Wildman–Crippen MR) is 90.7 cm³/mol. The number of anilines is 1. The van der Waals surface area contributed by atoms with Gasteiger partial charge in [0, 0.05) is 36.5 Å². The van der Waals surface area contributed by atoms with Gasteiger partial charge in [0.1, 0.15) is 5.75 Å². The maximum Gasteiger partial charge on any atom is 0.191 e. The van der Waals surface area contributed by atoms with Gasteiger partial charge < -0.3 is 9.64 Å². The molecule has 0 atom stereocenters. The van der Waals surface area contributed by atoms with Crippen molar-refractivity contribution in [3.05, 3.63) is 60.4 Å². The normalized spacial score (nSPS) is 14.4. The van der Waals surface area contributed by atoms with Crippen LogP contribution in [-0.4, -0.2) is 26.0 Å². The Morgan fingerprint density at radius 1 is 1.09 bits per heavy atom. The summed E-state index contributed by atoms with van der Waals surface area (Å²) in [5.74, 6) is 0.723. The number of ether oxygens (including phenoxy) is 1. The molecule has 1 fully saturated rings. The second kappa shape index (κ2) is 7.09. The molecule has 1 saturated heterocycles. The predicted octanol–water partition coefficient (Wildman–Crippen LogP) is 2.94. The number of hydrogen-bond donors (Lipinski definition) is 0. The number of carbonyl (C=O) groups is 1. The third-order valence-corrected chi connectivity index (χ3v) is 4.08. The number of pyridine rings is 1. The van der Waals surface area contributed by atoms with E-state index in [1.54, 1.807) is 43.7 Å². The van der Waals surface area contributed by atoms with Gasteiger partial charge >= 0.3 is 0 Å². The average Bonchev–Trinajstić information content (AvgIpc) is 3.15. The summed E-state index contributed by atoms with van der Waals surface area (Å²) in [6.45, 7) is 2.27. The van der Waals surface area contributed by atoms with Crippen LogP contribution in [0.4, 0.5) is 5.69 Å². The van der Waals surface area contributed by atoms with Gasteiger partial charge in [0.05, 0.1) is 13.2 Å². The van der Waals surface area contributed by atoms with Crippen molar-refractivity contribution in [1.29, 1.82) is 0 Å². The molecule has 1 aliphatic heterocycles. The molecule has 0 saturated carbocycles. The molecule has 118 valence electrons. The van der Waals surface area contributed by atoms with E-state index in [1.165, 1.54) is 18.5 Å². The molecule has 1 aromatic heterocycles. The summed E-state index contributed by atoms with van der Waals surface area (Å²) in [5.41, 5.74) is 1.89. The summed E-state index contributed by atoms with van der Waals surface area (Å²) in [5, 5.41) is 0. The minimum Gasteiger partial charge on any atom is -0.497 e. The lowest BCUT2D eigenvalue weighted by Crippen LogP contribution is -2.26. The highest BCUT2D eigenvalue weighted by molar-refractivity contribution is 6.05. The van der Waals surface area contributed by atoms with E-state index in [1.807, 2.05) is 17.0 Å². The van der Waals surface area contributed by atoms with E-state index in [-0.39, 0.29) is 5.78 Å². The third-order valence-electron chi connectivity index (χ3n) is 4.08. The minimum absolute atomic E-state index is 0.0243. The molecule has 0 aliphatic carbocycles. The summed E-state index contributed by atoms with van der Waals surface area (Å²) in [7, 11) is 1.61. The first-order chi connectivity index (χ1) is 11.3. The zero-order valence-corrected chi connectivity index (χ0v) is 13.3. The SMILES string of the molecule is COc1ccc(C(=O)C=C[n+]2ccc(N3CCCC3)cc2)cc1. The van der Waals surface area contributed by atoms with Crippen molar-refractivity contribution in [2.24, 2.45) is 0 Å². The first-order valence-electron chi connectivity index (χ1n) is 7.88. The van der Waals surface area contributed by atoms with Gasteiger partial charge in [-0.3, -0.25) is 4.79 Å². The van der Waals surface area contributed by atoms with Crippen molar-refractivity contribution >= 4 is 17.7 Å². The molecule has 0 radical (unpaired) electrons. The molecule has 0 spiro atoms. The number of ketones is 1. The summed E-state index contributed by atoms with van der Waals surface area (Å²) < 4.78 is 6.98. The number of allylic oxidation sites excluding steroid dienone is 1. The van der Waals surface area contributed by atoms with Gasteiger partial charge in [0.25, 0.3) is 0 Å². The largest absolute Gasteiger partial charge is 0.497 e. The third kappa shape index (κ3) is 3.77. The van der Waals surface area contributed by atoms with Gasteiger partial charge in [-0.1, -0.05) is 0 Å². The van der Waals surface area contributed by atoms with Crippen LogP contribution in [0.5, 0.6) is 5.75 Å². The number of hydrogen-bond acceptors (Lipinski definition) is 3. The highest BCUT2D eigenvalue weighted by atomic mass is 16.5. The fraction of sp³-hybridized carbons (Fsp3) is 0.263. The van der Waals surface area contributed by atoms with Crippen LogP contribution in [0.25, 0.3) is 6.20 Å². The van der Waals surface area contributed by atoms with Gasteiger partial charge in [-0.25, -0.2) is 0 Å². The zero-order chi connectivity index (χ0) is 16.1. The summed E-state index contributed by atoms with van der Waals surface area (Å²) >= 11 is 0. The average molecular weight is 309 g/mol. The Kier molecular flexibility index (Phi) is 4.71. The summed E-state index contributed by atoms with van der Waals surface area (Å²) in [4.78, 5) is 14.5. The minimum atomic E-state index is -0.0243. The molecule has 1 aliphatic rings. The molecular weight excluding hydrogens is 288 g/mol. The molecular formula is C19H21N2O2+. The quantitative estimate of drug-likeness (QED) is 0.484. The second-order valence-electron chi connectivity index (χ2n) is 5.61. The monoisotopic (exact) mass is 309 g/mol. The highest BCUT2D eigenvalue weighted by Crippen LogP contribution is 2.18. The Labute approximate surface area is 136 Å². The Hall–Kier alpha value is -2.62. The van der Waals surface area contributed by atoms with E-state index < -0.39 is 0 Å². The van der Waals surface area contributed by atoms with Crippen LogP contribution in [0.3, 0.4) is 0 Å². The fourth-order valence-electron chi connectivity index (χ4n) is 2.72. The molecule has 0 amide bonds. The van der Waals surface area contributed by atoms with E-state index in [2.05, 4.69) is 17.0 Å². The number of nitrogens with zero attached hydrogens (tertiary/aromatic N) is 2. The molecule has 2 aromatic rings. The molecule has 23 heavy (non-hydrogen) atoms. The van der Waals surface area contributed by atoms with Crippen LogP contribution in [0.15, 0.2) is 54.9 Å². The van der Waals surface area contributed by atoms with Gasteiger partial charge in [0.15, 0.2) is 24.4 Å². The van der Waals surface area contributed by atoms with E-state index in [0.717, 1.165) is 18.8 Å². The topological polar surface area (TPSA) is 33.4 Å². The van der Waals surface area contributed by atoms with E-state index >= 15 is 0 Å². The second-order valence-corrected chi connectivity index (χ2v) is 5.61. The lowest BCUT2D eigenvalue weighted by Gasteiger charge is -2.15. The summed E-state index contributed by atoms with van der Waals surface area (Å²) in [6.07, 6.45) is 9.85. The summed E-state index contributed by atoms with van der Waals surface area (Å²) in [6, 6.07) is 11.3. The molecule has 4 heteroatoms. The highest BCUT2D eigenvalue weighted by Gasteiger charge is 2.13. The zero-order valence-electron chi connectivity index (χ0n) is 13.3. The van der Waals surface area contributed by atoms with E-state index in [0.29, 0.717) is 5.56 Å². The van der Waals surface area contributed by atoms with Crippen LogP contribution in [0.2, 0.25) is 0 Å². The molecule has 3 rings (SSSR count). The van der Waals surface area contributed by atoms with Crippen LogP contribution < -0.4 is 14.2 Å². The van der Waals surface area contributed by atoms with Crippen LogP contribution in [0, 0.1) is 0 Å². The van der Waals surface area contributed by atoms with Gasteiger partial charge in [0.2, 0.25) is 0 Å². The van der Waals surface area contributed by atoms with Crippen molar-refractivity contribution in [2.45, 2.75) is 12.8 Å². The lowest BCUT2D eigenvalue weighted by atomic mass is 10.1.